The summed E-state index contributed by atoms with van der Waals surface area (Å²) in [6.45, 7) is 0. The van der Waals surface area contributed by atoms with Crippen LogP contribution in [0.15, 0.2) is 12.3 Å². The van der Waals surface area contributed by atoms with Gasteiger partial charge in [0.25, 0.3) is 0 Å². The molecular formula is C6H6N2+. The maximum atomic E-state index is 3.93. The highest BCUT2D eigenvalue weighted by Crippen LogP contribution is 1.71. The van der Waals surface area contributed by atoms with Gasteiger partial charge in [0.2, 0.25) is 0 Å². The molecule has 1 aliphatic rings. The number of hydrogen-bond donors (Lipinski definition) is 1. The van der Waals surface area contributed by atoms with E-state index in [1.54, 1.807) is 0 Å². The van der Waals surface area contributed by atoms with Gasteiger partial charge in [0.15, 0.2) is 0 Å². The molecule has 0 aromatic carbocycles. The average Bonchev–Trinajstić information content (AvgIpc) is 2.15. The molecule has 2 nitrogen and oxygen atoms in total. The van der Waals surface area contributed by atoms with Gasteiger partial charge in [0.05, 0.1) is 11.5 Å². The lowest BCUT2D eigenvalue weighted by atomic mass is 10.5. The Labute approximate surface area is 48.0 Å². The number of nitrogens with zero attached hydrogens (tertiary/aromatic N) is 1. The molecule has 1 aromatic rings. The Hall–Kier alpha value is -1.18. The topological polar surface area (TPSA) is 29.9 Å². The normalized spacial score (nSPS) is 13.5. The van der Waals surface area contributed by atoms with Gasteiger partial charge in [-0.2, -0.15) is 0 Å². The van der Waals surface area contributed by atoms with Crippen molar-refractivity contribution in [2.45, 2.75) is 0 Å². The second kappa shape index (κ2) is 1.15. The summed E-state index contributed by atoms with van der Waals surface area (Å²) in [4.78, 5) is 3.04. The van der Waals surface area contributed by atoms with E-state index < -0.39 is 0 Å². The lowest BCUT2D eigenvalue weighted by Gasteiger charge is -1.69. The van der Waals surface area contributed by atoms with Gasteiger partial charge in [0, 0.05) is 17.6 Å². The van der Waals surface area contributed by atoms with Crippen LogP contribution in [0, 0.1) is 0 Å². The molecule has 0 amide bonds. The van der Waals surface area contributed by atoms with Crippen LogP contribution in [0.4, 0.5) is 0 Å². The van der Waals surface area contributed by atoms with E-state index in [0.717, 1.165) is 5.35 Å². The van der Waals surface area contributed by atoms with E-state index in [4.69, 9.17) is 0 Å². The highest BCUT2D eigenvalue weighted by molar-refractivity contribution is 5.39. The zero-order chi connectivity index (χ0) is 5.40. The molecule has 39 valence electrons. The first-order chi connectivity index (χ1) is 3.97. The number of fused-ring (bicyclic) bond motifs is 1. The van der Waals surface area contributed by atoms with Crippen LogP contribution in [0.5, 0.6) is 0 Å². The molecule has 1 radical (unpaired) electrons. The van der Waals surface area contributed by atoms with Crippen molar-refractivity contribution >= 4 is 12.4 Å². The van der Waals surface area contributed by atoms with Crippen LogP contribution >= 0.6 is 0 Å². The fourth-order valence-electron chi connectivity index (χ4n) is 0.811. The Kier molecular flexibility index (Phi) is 0.545. The van der Waals surface area contributed by atoms with E-state index in [1.807, 2.05) is 24.7 Å². The molecule has 0 aliphatic carbocycles. The molecule has 2 heterocycles. The van der Waals surface area contributed by atoms with Gasteiger partial charge in [-0.15, -0.1) is 0 Å². The Morgan fingerprint density at radius 3 is 3.38 bits per heavy atom. The molecule has 1 aromatic heterocycles. The number of aromatic nitrogens is 1. The van der Waals surface area contributed by atoms with E-state index in [1.165, 1.54) is 5.22 Å². The predicted molar refractivity (Wildman–Crippen MR) is 32.2 cm³/mol. The van der Waals surface area contributed by atoms with Crippen LogP contribution in [0.3, 0.4) is 0 Å². The number of nitrogens with one attached hydrogen (secondary N) is 1. The van der Waals surface area contributed by atoms with Gasteiger partial charge in [0.1, 0.15) is 0 Å². The molecule has 0 unspecified atom stereocenters. The van der Waals surface area contributed by atoms with Crippen molar-refractivity contribution in [2.75, 3.05) is 0 Å². The van der Waals surface area contributed by atoms with Crippen molar-refractivity contribution < 1.29 is 1.43 Å². The zero-order valence-corrected chi connectivity index (χ0v) is 4.26. The molecule has 0 atom stereocenters. The minimum absolute atomic E-state index is 0. The van der Waals surface area contributed by atoms with Gasteiger partial charge < -0.3 is 4.98 Å². The lowest BCUT2D eigenvalue weighted by molar-refractivity contribution is 1.30. The summed E-state index contributed by atoms with van der Waals surface area (Å²) in [5.41, 5.74) is 0. The lowest BCUT2D eigenvalue weighted by Crippen LogP contribution is -2.17. The van der Waals surface area contributed by atoms with Crippen LogP contribution in [0.25, 0.3) is 12.4 Å². The smallest absolute Gasteiger partial charge is 0.360 e. The highest BCUT2D eigenvalue weighted by Gasteiger charge is 1.89. The molecular weight excluding hydrogens is 100 g/mol. The van der Waals surface area contributed by atoms with E-state index in [2.05, 4.69) is 10.3 Å². The van der Waals surface area contributed by atoms with Gasteiger partial charge in [-0.3, -0.25) is 5.32 Å². The van der Waals surface area contributed by atoms with Gasteiger partial charge in [-0.05, 0) is 6.07 Å². The van der Waals surface area contributed by atoms with E-state index in [-0.39, 0.29) is 1.43 Å². The molecule has 0 bridgehead atoms. The number of H-pyrrole nitrogens is 1. The summed E-state index contributed by atoms with van der Waals surface area (Å²) in [7, 11) is 0. The summed E-state index contributed by atoms with van der Waals surface area (Å²) in [6, 6.07) is 2.00. The summed E-state index contributed by atoms with van der Waals surface area (Å²) in [6.07, 6.45) is 5.56. The molecule has 8 heavy (non-hydrogen) atoms. The molecule has 0 saturated carbocycles. The Morgan fingerprint density at radius 2 is 2.50 bits per heavy atom. The first-order valence-electron chi connectivity index (χ1n) is 2.50. The second-order valence-corrected chi connectivity index (χ2v) is 1.75. The van der Waals surface area contributed by atoms with Crippen LogP contribution in [-0.2, 0) is 0 Å². The summed E-state index contributed by atoms with van der Waals surface area (Å²) in [5, 5.41) is 6.23. The number of aromatic amines is 1. The van der Waals surface area contributed by atoms with Crippen LogP contribution < -0.4 is 15.9 Å². The summed E-state index contributed by atoms with van der Waals surface area (Å²) >= 11 is 0. The Morgan fingerprint density at radius 1 is 1.50 bits per heavy atom. The first-order valence-corrected chi connectivity index (χ1v) is 2.50. The van der Waals surface area contributed by atoms with E-state index in [9.17, 15) is 0 Å². The van der Waals surface area contributed by atoms with Gasteiger partial charge in [-0.1, -0.05) is 0 Å². The summed E-state index contributed by atoms with van der Waals surface area (Å²) < 4.78 is 0. The van der Waals surface area contributed by atoms with Crippen LogP contribution in [0.2, 0.25) is 0 Å². The first kappa shape index (κ1) is 3.78. The number of hydrogen-bond acceptors (Lipinski definition) is 0. The minimum Gasteiger partial charge on any atom is -0.360 e. The summed E-state index contributed by atoms with van der Waals surface area (Å²) in [5.74, 6) is 0. The Bertz CT molecular complexity index is 271. The van der Waals surface area contributed by atoms with Crippen molar-refractivity contribution in [2.24, 2.45) is 0 Å². The van der Waals surface area contributed by atoms with Crippen molar-refractivity contribution in [1.29, 1.82) is 0 Å². The fraction of sp³-hybridized carbons (Fsp3) is 0. The third-order valence-corrected chi connectivity index (χ3v) is 1.23. The molecule has 0 saturated heterocycles. The van der Waals surface area contributed by atoms with Gasteiger partial charge in [-0.25, -0.2) is 0 Å². The third-order valence-electron chi connectivity index (χ3n) is 1.23. The molecule has 0 spiro atoms. The van der Waals surface area contributed by atoms with Crippen molar-refractivity contribution in [3.63, 3.8) is 0 Å². The highest BCUT2D eigenvalue weighted by atomic mass is 14.8. The average molecular weight is 106 g/mol. The largest absolute Gasteiger partial charge is 1.00 e. The standard InChI is InChI=1S/C6H5N2/c1-2-8-6-4-7-3-5(1)6/h1-4,8H/p+1. The molecule has 0 fully saturated rings. The quantitative estimate of drug-likeness (QED) is 0.450. The van der Waals surface area contributed by atoms with Gasteiger partial charge >= 0.3 is 1.43 Å². The van der Waals surface area contributed by atoms with Crippen molar-refractivity contribution in [3.8, 4) is 0 Å². The maximum Gasteiger partial charge on any atom is 1.00 e. The molecule has 1 N–H and O–H groups in total. The molecule has 2 rings (SSSR count). The maximum absolute atomic E-state index is 3.93. The predicted octanol–water partition coefficient (Wildman–Crippen LogP) is -0.779. The monoisotopic (exact) mass is 106 g/mol. The van der Waals surface area contributed by atoms with E-state index in [0.29, 0.717) is 0 Å². The zero-order valence-electron chi connectivity index (χ0n) is 5.26. The van der Waals surface area contributed by atoms with E-state index >= 15 is 0 Å². The molecule has 2 heteroatoms. The van der Waals surface area contributed by atoms with Crippen molar-refractivity contribution in [1.82, 2.24) is 10.3 Å². The van der Waals surface area contributed by atoms with Crippen molar-refractivity contribution in [3.05, 3.63) is 22.8 Å². The second-order valence-electron chi connectivity index (χ2n) is 1.75. The fourth-order valence-corrected chi connectivity index (χ4v) is 0.811. The molecule has 1 aliphatic heterocycles. The minimum atomic E-state index is 0. The Balaban J connectivity index is 0.000000405. The van der Waals surface area contributed by atoms with Crippen LogP contribution in [-0.4, -0.2) is 4.98 Å². The SMILES string of the molecule is C1=c2cc[nH]c2=C[N]1.[H+]. The number of rotatable bonds is 0. The third kappa shape index (κ3) is 0.320. The van der Waals surface area contributed by atoms with Crippen LogP contribution in [0.1, 0.15) is 1.43 Å².